The van der Waals surface area contributed by atoms with Gasteiger partial charge in [-0.25, -0.2) is 4.79 Å². The summed E-state index contributed by atoms with van der Waals surface area (Å²) in [6, 6.07) is 8.47. The van der Waals surface area contributed by atoms with E-state index in [0.29, 0.717) is 36.0 Å². The molecule has 1 saturated heterocycles. The molecule has 0 unspecified atom stereocenters. The third kappa shape index (κ3) is 4.45. The van der Waals surface area contributed by atoms with E-state index in [-0.39, 0.29) is 11.9 Å². The third-order valence-corrected chi connectivity index (χ3v) is 5.04. The van der Waals surface area contributed by atoms with Crippen LogP contribution in [0.4, 0.5) is 10.5 Å². The number of furan rings is 1. The molecule has 1 atom stereocenters. The summed E-state index contributed by atoms with van der Waals surface area (Å²) in [5.74, 6) is 1.33. The van der Waals surface area contributed by atoms with Crippen molar-refractivity contribution in [3.05, 3.63) is 52.4 Å². The van der Waals surface area contributed by atoms with Crippen molar-refractivity contribution in [1.82, 2.24) is 9.80 Å². The highest BCUT2D eigenvalue weighted by Gasteiger charge is 2.36. The molecule has 0 spiro atoms. The predicted molar refractivity (Wildman–Crippen MR) is 105 cm³/mol. The number of anilines is 1. The number of likely N-dealkylation sites (N-methyl/N-ethyl adjacent to an activating group) is 1. The summed E-state index contributed by atoms with van der Waals surface area (Å²) in [5.41, 5.74) is 1.64. The van der Waals surface area contributed by atoms with E-state index in [9.17, 15) is 9.59 Å². The lowest BCUT2D eigenvalue weighted by molar-refractivity contribution is -0.134. The molecule has 1 aromatic heterocycles. The molecule has 6 nitrogen and oxygen atoms in total. The standard InChI is InChI=1S/C20H24ClN3O3/c1-13-11-17(14(2)27-13)22-20(26)24-10-4-5-18(24)19(25)23(3)12-15-6-8-16(21)9-7-15/h6-9,11,18H,4-5,10,12H2,1-3H3,(H,22,26)/t18-/m1/s1. The van der Waals surface area contributed by atoms with Gasteiger partial charge >= 0.3 is 6.03 Å². The van der Waals surface area contributed by atoms with Crippen molar-refractivity contribution in [3.63, 3.8) is 0 Å². The monoisotopic (exact) mass is 389 g/mol. The van der Waals surface area contributed by atoms with Crippen LogP contribution < -0.4 is 5.32 Å². The van der Waals surface area contributed by atoms with Gasteiger partial charge in [0.25, 0.3) is 0 Å². The first kappa shape index (κ1) is 19.3. The molecule has 3 rings (SSSR count). The van der Waals surface area contributed by atoms with Gasteiger partial charge in [-0.3, -0.25) is 4.79 Å². The fourth-order valence-corrected chi connectivity index (χ4v) is 3.53. The number of benzene rings is 1. The predicted octanol–water partition coefficient (Wildman–Crippen LogP) is 4.20. The number of hydrogen-bond donors (Lipinski definition) is 1. The zero-order chi connectivity index (χ0) is 19.6. The Labute approximate surface area is 164 Å². The first-order chi connectivity index (χ1) is 12.8. The van der Waals surface area contributed by atoms with E-state index in [0.717, 1.165) is 17.7 Å². The number of likely N-dealkylation sites (tertiary alicyclic amines) is 1. The fourth-order valence-electron chi connectivity index (χ4n) is 3.40. The number of nitrogens with zero attached hydrogens (tertiary/aromatic N) is 2. The van der Waals surface area contributed by atoms with Crippen LogP contribution in [0, 0.1) is 13.8 Å². The van der Waals surface area contributed by atoms with Crippen molar-refractivity contribution in [1.29, 1.82) is 0 Å². The van der Waals surface area contributed by atoms with Gasteiger partial charge in [0.2, 0.25) is 5.91 Å². The second kappa shape index (κ2) is 8.05. The molecule has 1 aliphatic rings. The topological polar surface area (TPSA) is 65.8 Å². The maximum absolute atomic E-state index is 12.9. The van der Waals surface area contributed by atoms with Crippen molar-refractivity contribution >= 4 is 29.2 Å². The maximum Gasteiger partial charge on any atom is 0.322 e. The van der Waals surface area contributed by atoms with Crippen LogP contribution in [0.2, 0.25) is 5.02 Å². The molecule has 7 heteroatoms. The largest absolute Gasteiger partial charge is 0.464 e. The van der Waals surface area contributed by atoms with E-state index >= 15 is 0 Å². The number of halogens is 1. The zero-order valence-electron chi connectivity index (χ0n) is 15.8. The molecule has 3 amide bonds. The fraction of sp³-hybridized carbons (Fsp3) is 0.400. The molecule has 1 fully saturated rings. The van der Waals surface area contributed by atoms with E-state index in [1.54, 1.807) is 42.0 Å². The highest BCUT2D eigenvalue weighted by atomic mass is 35.5. The van der Waals surface area contributed by atoms with E-state index < -0.39 is 6.04 Å². The van der Waals surface area contributed by atoms with Crippen molar-refractivity contribution in [2.75, 3.05) is 18.9 Å². The first-order valence-electron chi connectivity index (χ1n) is 8.99. The number of urea groups is 1. The van der Waals surface area contributed by atoms with Crippen LogP contribution in [0.5, 0.6) is 0 Å². The summed E-state index contributed by atoms with van der Waals surface area (Å²) < 4.78 is 5.45. The maximum atomic E-state index is 12.9. The zero-order valence-corrected chi connectivity index (χ0v) is 16.5. The highest BCUT2D eigenvalue weighted by Crippen LogP contribution is 2.24. The van der Waals surface area contributed by atoms with Gasteiger partial charge in [0, 0.05) is 31.2 Å². The van der Waals surface area contributed by atoms with Gasteiger partial charge in [0.05, 0.1) is 5.69 Å². The van der Waals surface area contributed by atoms with Crippen LogP contribution in [-0.4, -0.2) is 41.4 Å². The minimum atomic E-state index is -0.449. The van der Waals surface area contributed by atoms with Gasteiger partial charge in [0.1, 0.15) is 17.6 Å². The molecule has 0 radical (unpaired) electrons. The lowest BCUT2D eigenvalue weighted by Crippen LogP contribution is -2.47. The average Bonchev–Trinajstić information content (AvgIpc) is 3.23. The molecule has 27 heavy (non-hydrogen) atoms. The van der Waals surface area contributed by atoms with Gasteiger partial charge in [0.15, 0.2) is 0 Å². The molecule has 1 N–H and O–H groups in total. The molecule has 2 heterocycles. The Morgan fingerprint density at radius 3 is 2.63 bits per heavy atom. The second-order valence-electron chi connectivity index (χ2n) is 6.93. The molecule has 2 aromatic rings. The van der Waals surface area contributed by atoms with E-state index in [1.807, 2.05) is 19.1 Å². The number of nitrogens with one attached hydrogen (secondary N) is 1. The lowest BCUT2D eigenvalue weighted by atomic mass is 10.1. The van der Waals surface area contributed by atoms with E-state index in [1.165, 1.54) is 0 Å². The summed E-state index contributed by atoms with van der Waals surface area (Å²) in [4.78, 5) is 28.9. The number of rotatable bonds is 4. The van der Waals surface area contributed by atoms with Gasteiger partial charge in [-0.2, -0.15) is 0 Å². The summed E-state index contributed by atoms with van der Waals surface area (Å²) in [6.45, 7) is 4.67. The number of aryl methyl sites for hydroxylation is 2. The summed E-state index contributed by atoms with van der Waals surface area (Å²) in [7, 11) is 1.76. The molecular weight excluding hydrogens is 366 g/mol. The molecule has 0 aliphatic carbocycles. The Hall–Kier alpha value is -2.47. The first-order valence-corrected chi connectivity index (χ1v) is 9.37. The van der Waals surface area contributed by atoms with Crippen LogP contribution in [0.3, 0.4) is 0 Å². The Morgan fingerprint density at radius 2 is 2.00 bits per heavy atom. The van der Waals surface area contributed by atoms with Crippen LogP contribution >= 0.6 is 11.6 Å². The average molecular weight is 390 g/mol. The van der Waals surface area contributed by atoms with Gasteiger partial charge < -0.3 is 19.5 Å². The number of carbonyl (C=O) groups is 2. The van der Waals surface area contributed by atoms with Crippen LogP contribution in [0.1, 0.15) is 29.9 Å². The second-order valence-corrected chi connectivity index (χ2v) is 7.37. The van der Waals surface area contributed by atoms with Gasteiger partial charge in [-0.1, -0.05) is 23.7 Å². The third-order valence-electron chi connectivity index (χ3n) is 4.79. The van der Waals surface area contributed by atoms with Gasteiger partial charge in [-0.15, -0.1) is 0 Å². The molecule has 1 aliphatic heterocycles. The van der Waals surface area contributed by atoms with E-state index in [2.05, 4.69) is 5.32 Å². The summed E-state index contributed by atoms with van der Waals surface area (Å²) in [6.07, 6.45) is 1.47. The lowest BCUT2D eigenvalue weighted by Gasteiger charge is -2.28. The number of hydrogen-bond acceptors (Lipinski definition) is 3. The van der Waals surface area contributed by atoms with Crippen molar-refractivity contribution < 1.29 is 14.0 Å². The van der Waals surface area contributed by atoms with Crippen LogP contribution in [-0.2, 0) is 11.3 Å². The Kier molecular flexibility index (Phi) is 5.75. The quantitative estimate of drug-likeness (QED) is 0.851. The minimum absolute atomic E-state index is 0.0577. The molecule has 0 saturated carbocycles. The van der Waals surface area contributed by atoms with Crippen molar-refractivity contribution in [2.24, 2.45) is 0 Å². The normalized spacial score (nSPS) is 16.4. The summed E-state index contributed by atoms with van der Waals surface area (Å²) >= 11 is 5.91. The highest BCUT2D eigenvalue weighted by molar-refractivity contribution is 6.30. The molecular formula is C20H24ClN3O3. The Bertz CT molecular complexity index is 831. The molecule has 144 valence electrons. The minimum Gasteiger partial charge on any atom is -0.464 e. The molecule has 1 aromatic carbocycles. The Morgan fingerprint density at radius 1 is 1.30 bits per heavy atom. The van der Waals surface area contributed by atoms with Crippen molar-refractivity contribution in [2.45, 2.75) is 39.3 Å². The SMILES string of the molecule is Cc1cc(NC(=O)N2CCC[C@@H]2C(=O)N(C)Cc2ccc(Cl)cc2)c(C)o1. The summed E-state index contributed by atoms with van der Waals surface area (Å²) in [5, 5.41) is 3.52. The number of carbonyl (C=O) groups excluding carboxylic acids is 2. The molecule has 0 bridgehead atoms. The smallest absolute Gasteiger partial charge is 0.322 e. The van der Waals surface area contributed by atoms with Crippen LogP contribution in [0.25, 0.3) is 0 Å². The van der Waals surface area contributed by atoms with E-state index in [4.69, 9.17) is 16.0 Å². The van der Waals surface area contributed by atoms with Crippen LogP contribution in [0.15, 0.2) is 34.7 Å². The Balaban J connectivity index is 1.65. The number of amides is 3. The van der Waals surface area contributed by atoms with Gasteiger partial charge in [-0.05, 0) is 44.4 Å². The van der Waals surface area contributed by atoms with Crippen molar-refractivity contribution in [3.8, 4) is 0 Å².